The van der Waals surface area contributed by atoms with Gasteiger partial charge in [0.15, 0.2) is 5.65 Å². The zero-order valence-electron chi connectivity index (χ0n) is 25.0. The first-order valence-electron chi connectivity index (χ1n) is 15.8. The summed E-state index contributed by atoms with van der Waals surface area (Å²) in [5, 5.41) is 8.41. The molecular weight excluding hydrogens is 543 g/mol. The largest absolute Gasteiger partial charge is 0.489 e. The Morgan fingerprint density at radius 3 is 2.31 bits per heavy atom. The van der Waals surface area contributed by atoms with Gasteiger partial charge in [-0.25, -0.2) is 9.67 Å². The van der Waals surface area contributed by atoms with Crippen molar-refractivity contribution in [1.29, 1.82) is 0 Å². The van der Waals surface area contributed by atoms with E-state index in [1.54, 1.807) is 6.20 Å². The Morgan fingerprint density at radius 1 is 1.02 bits per heavy atom. The van der Waals surface area contributed by atoms with Gasteiger partial charge in [0, 0.05) is 6.54 Å². The van der Waals surface area contributed by atoms with Crippen LogP contribution in [0.3, 0.4) is 0 Å². The molecule has 7 nitrogen and oxygen atoms in total. The van der Waals surface area contributed by atoms with E-state index in [9.17, 15) is 18.0 Å². The molecule has 0 aliphatic heterocycles. The van der Waals surface area contributed by atoms with Crippen LogP contribution >= 0.6 is 0 Å². The average molecular weight is 590 g/mol. The number of alkyl halides is 3. The molecule has 2 aromatic heterocycles. The lowest BCUT2D eigenvalue weighted by Gasteiger charge is -2.22. The third kappa shape index (κ3) is 9.06. The molecule has 1 aromatic carbocycles. The number of H-pyrrole nitrogens is 1. The lowest BCUT2D eigenvalue weighted by molar-refractivity contribution is -0.137. The number of hydrogen-bond donors (Lipinski definition) is 2. The van der Waals surface area contributed by atoms with Crippen LogP contribution in [0.25, 0.3) is 11.0 Å². The first kappa shape index (κ1) is 32.0. The van der Waals surface area contributed by atoms with E-state index in [1.807, 2.05) is 11.6 Å². The summed E-state index contributed by atoms with van der Waals surface area (Å²) in [6, 6.07) is 4.87. The molecule has 3 aromatic rings. The van der Waals surface area contributed by atoms with Crippen LogP contribution in [-0.2, 0) is 6.18 Å². The lowest BCUT2D eigenvalue weighted by Crippen LogP contribution is -2.34. The van der Waals surface area contributed by atoms with Crippen LogP contribution in [0.1, 0.15) is 127 Å². The van der Waals surface area contributed by atoms with Crippen LogP contribution in [-0.4, -0.2) is 32.4 Å². The van der Waals surface area contributed by atoms with Crippen molar-refractivity contribution in [2.75, 3.05) is 6.54 Å². The first-order valence-corrected chi connectivity index (χ1v) is 15.8. The number of halogens is 3. The maximum Gasteiger partial charge on any atom is 0.416 e. The average Bonchev–Trinajstić information content (AvgIpc) is 3.65. The van der Waals surface area contributed by atoms with Gasteiger partial charge in [-0.15, -0.1) is 0 Å². The van der Waals surface area contributed by atoms with E-state index in [4.69, 9.17) is 9.72 Å². The Morgan fingerprint density at radius 2 is 1.67 bits per heavy atom. The molecule has 42 heavy (non-hydrogen) atoms. The van der Waals surface area contributed by atoms with Crippen molar-refractivity contribution in [2.45, 2.75) is 128 Å². The van der Waals surface area contributed by atoms with Crippen LogP contribution < -0.4 is 15.6 Å². The van der Waals surface area contributed by atoms with Crippen LogP contribution in [0.4, 0.5) is 13.2 Å². The summed E-state index contributed by atoms with van der Waals surface area (Å²) in [5.41, 5.74) is -0.291. The Labute approximate surface area is 246 Å². The molecule has 4 rings (SSSR count). The van der Waals surface area contributed by atoms with E-state index in [1.165, 1.54) is 57.1 Å². The molecule has 0 bridgehead atoms. The number of nitrogens with zero attached hydrogens (tertiary/aromatic N) is 3. The van der Waals surface area contributed by atoms with E-state index in [-0.39, 0.29) is 23.7 Å². The Kier molecular flexibility index (Phi) is 11.9. The van der Waals surface area contributed by atoms with Crippen LogP contribution in [0, 0.1) is 0 Å². The summed E-state index contributed by atoms with van der Waals surface area (Å²) in [6.45, 7) is 4.62. The van der Waals surface area contributed by atoms with Crippen LogP contribution in [0.2, 0.25) is 0 Å². The minimum absolute atomic E-state index is 0.208. The molecule has 0 radical (unpaired) electrons. The molecule has 0 spiro atoms. The Balaban J connectivity index is 1.37. The Bertz CT molecular complexity index is 1280. The molecule has 1 unspecified atom stereocenters. The normalized spacial score (nSPS) is 15.8. The van der Waals surface area contributed by atoms with Crippen molar-refractivity contribution in [3.8, 4) is 5.75 Å². The number of hydrogen-bond acceptors (Lipinski definition) is 5. The summed E-state index contributed by atoms with van der Waals surface area (Å²) >= 11 is 0. The summed E-state index contributed by atoms with van der Waals surface area (Å²) in [4.78, 5) is 20.5. The molecule has 1 aliphatic carbocycles. The van der Waals surface area contributed by atoms with Gasteiger partial charge in [-0.1, -0.05) is 71.1 Å². The van der Waals surface area contributed by atoms with Crippen LogP contribution in [0.15, 0.2) is 35.3 Å². The van der Waals surface area contributed by atoms with Crippen molar-refractivity contribution >= 4 is 11.0 Å². The van der Waals surface area contributed by atoms with Gasteiger partial charge in [0.25, 0.3) is 5.56 Å². The number of fused-ring (bicyclic) bond motifs is 1. The highest BCUT2D eigenvalue weighted by molar-refractivity contribution is 5.73. The molecule has 10 heteroatoms. The number of aromatic nitrogens is 4. The number of nitrogens with one attached hydrogen (secondary N) is 2. The second-order valence-corrected chi connectivity index (χ2v) is 11.7. The molecule has 0 saturated heterocycles. The van der Waals surface area contributed by atoms with Crippen molar-refractivity contribution in [2.24, 2.45) is 0 Å². The third-order valence-corrected chi connectivity index (χ3v) is 8.33. The van der Waals surface area contributed by atoms with E-state index >= 15 is 0 Å². The SMILES string of the molecule is CCCCCCCCCCCC(CN[C@H](C)c1nc2c(cnn2C2CCCC2)c(=O)[nH]1)Oc1ccc(C(F)(F)F)cc1. The highest BCUT2D eigenvalue weighted by Gasteiger charge is 2.30. The molecule has 0 amide bonds. The molecule has 232 valence electrons. The number of rotatable bonds is 17. The number of ether oxygens (including phenoxy) is 1. The number of aromatic amines is 1. The summed E-state index contributed by atoms with van der Waals surface area (Å²) in [6.07, 6.45) is 13.0. The monoisotopic (exact) mass is 589 g/mol. The van der Waals surface area contributed by atoms with Gasteiger partial charge in [-0.3, -0.25) is 4.79 Å². The predicted molar refractivity (Wildman–Crippen MR) is 160 cm³/mol. The fourth-order valence-corrected chi connectivity index (χ4v) is 5.78. The van der Waals surface area contributed by atoms with Crippen molar-refractivity contribution < 1.29 is 17.9 Å². The number of benzene rings is 1. The van der Waals surface area contributed by atoms with E-state index in [2.05, 4.69) is 22.3 Å². The van der Waals surface area contributed by atoms with Gasteiger partial charge in [0.05, 0.1) is 23.8 Å². The highest BCUT2D eigenvalue weighted by atomic mass is 19.4. The molecule has 1 aliphatic rings. The second kappa shape index (κ2) is 15.5. The third-order valence-electron chi connectivity index (χ3n) is 8.33. The maximum absolute atomic E-state index is 13.0. The zero-order chi connectivity index (χ0) is 30.0. The molecule has 1 saturated carbocycles. The van der Waals surface area contributed by atoms with E-state index in [0.717, 1.165) is 57.1 Å². The van der Waals surface area contributed by atoms with Gasteiger partial charge in [0.1, 0.15) is 23.1 Å². The predicted octanol–water partition coefficient (Wildman–Crippen LogP) is 8.27. The van der Waals surface area contributed by atoms with Crippen LogP contribution in [0.5, 0.6) is 5.75 Å². The minimum atomic E-state index is -4.39. The van der Waals surface area contributed by atoms with E-state index in [0.29, 0.717) is 29.2 Å². The topological polar surface area (TPSA) is 84.8 Å². The van der Waals surface area contributed by atoms with E-state index < -0.39 is 11.7 Å². The molecule has 2 N–H and O–H groups in total. The maximum atomic E-state index is 13.0. The minimum Gasteiger partial charge on any atom is -0.489 e. The summed E-state index contributed by atoms with van der Waals surface area (Å²) < 4.78 is 47.2. The fraction of sp³-hybridized carbons (Fsp3) is 0.656. The summed E-state index contributed by atoms with van der Waals surface area (Å²) in [7, 11) is 0. The van der Waals surface area contributed by atoms with Crippen molar-refractivity contribution in [3.63, 3.8) is 0 Å². The van der Waals surface area contributed by atoms with Gasteiger partial charge in [-0.2, -0.15) is 18.3 Å². The Hall–Kier alpha value is -2.88. The van der Waals surface area contributed by atoms with Gasteiger partial charge >= 0.3 is 6.18 Å². The zero-order valence-corrected chi connectivity index (χ0v) is 25.0. The van der Waals surface area contributed by atoms with Gasteiger partial charge in [-0.05, 0) is 56.9 Å². The molecule has 1 fully saturated rings. The summed E-state index contributed by atoms with van der Waals surface area (Å²) in [5.74, 6) is 0.940. The standard InChI is InChI=1S/C32H46F3N5O2/c1-3-4-5-6-7-8-9-10-11-16-27(42-26-19-17-24(18-20-26)32(33,34)35)21-36-23(2)29-38-30-28(31(41)39-29)22-37-40(30)25-14-12-13-15-25/h17-20,22-23,25,27,36H,3-16,21H2,1-2H3,(H,38,39,41)/t23-,27?/m1/s1. The quantitative estimate of drug-likeness (QED) is 0.155. The molecule has 2 atom stereocenters. The second-order valence-electron chi connectivity index (χ2n) is 11.7. The number of unbranched alkanes of at least 4 members (excludes halogenated alkanes) is 8. The molecule has 2 heterocycles. The van der Waals surface area contributed by atoms with Gasteiger partial charge < -0.3 is 15.0 Å². The van der Waals surface area contributed by atoms with Crippen molar-refractivity contribution in [1.82, 2.24) is 25.1 Å². The highest BCUT2D eigenvalue weighted by Crippen LogP contribution is 2.32. The lowest BCUT2D eigenvalue weighted by atomic mass is 10.0. The smallest absolute Gasteiger partial charge is 0.416 e. The van der Waals surface area contributed by atoms with Crippen molar-refractivity contribution in [3.05, 3.63) is 52.2 Å². The van der Waals surface area contributed by atoms with Gasteiger partial charge in [0.2, 0.25) is 0 Å². The fourth-order valence-electron chi connectivity index (χ4n) is 5.78. The molecular formula is C32H46F3N5O2. The first-order chi connectivity index (χ1) is 20.3.